The van der Waals surface area contributed by atoms with E-state index in [1.54, 1.807) is 28.2 Å². The average Bonchev–Trinajstić information content (AvgIpc) is 2.38. The van der Waals surface area contributed by atoms with Crippen molar-refractivity contribution in [3.63, 3.8) is 0 Å². The molecule has 114 valence electrons. The van der Waals surface area contributed by atoms with Gasteiger partial charge < -0.3 is 19.9 Å². The van der Waals surface area contributed by atoms with Crippen molar-refractivity contribution in [3.05, 3.63) is 0 Å². The molecule has 0 radical (unpaired) electrons. The van der Waals surface area contributed by atoms with Gasteiger partial charge in [0.05, 0.1) is 13.2 Å². The lowest BCUT2D eigenvalue weighted by molar-refractivity contribution is -0.144. The van der Waals surface area contributed by atoms with Crippen LogP contribution in [0.25, 0.3) is 0 Å². The molecule has 0 aliphatic heterocycles. The molecule has 0 aliphatic rings. The number of carboxylic acid groups (broad SMARTS) is 1. The predicted molar refractivity (Wildman–Crippen MR) is 74.5 cm³/mol. The maximum absolute atomic E-state index is 11.2. The van der Waals surface area contributed by atoms with E-state index in [0.717, 1.165) is 6.54 Å². The van der Waals surface area contributed by atoms with Crippen LogP contribution in [0, 0.1) is 0 Å². The molecule has 0 heterocycles. The van der Waals surface area contributed by atoms with Crippen molar-refractivity contribution in [2.45, 2.75) is 31.8 Å². The minimum atomic E-state index is -0.905. The predicted octanol–water partition coefficient (Wildman–Crippen LogP) is 0.423. The van der Waals surface area contributed by atoms with Crippen LogP contribution in [0.4, 0.5) is 0 Å². The molecule has 19 heavy (non-hydrogen) atoms. The van der Waals surface area contributed by atoms with E-state index >= 15 is 0 Å². The van der Waals surface area contributed by atoms with Crippen LogP contribution in [-0.2, 0) is 14.3 Å². The highest BCUT2D eigenvalue weighted by atomic mass is 16.5. The van der Waals surface area contributed by atoms with E-state index in [1.807, 2.05) is 0 Å². The average molecular weight is 276 g/mol. The van der Waals surface area contributed by atoms with Crippen molar-refractivity contribution in [2.75, 3.05) is 47.6 Å². The van der Waals surface area contributed by atoms with Crippen LogP contribution >= 0.6 is 0 Å². The minimum absolute atomic E-state index is 0.232. The molecule has 2 unspecified atom stereocenters. The highest BCUT2D eigenvalue weighted by molar-refractivity contribution is 5.78. The number of likely N-dealkylation sites (N-methyl/N-ethyl adjacent to an activating group) is 1. The number of hydrogen-bond acceptors (Lipinski definition) is 5. The number of rotatable bonds is 11. The summed E-state index contributed by atoms with van der Waals surface area (Å²) in [6, 6.07) is 0.232. The Morgan fingerprint density at radius 1 is 1.37 bits per heavy atom. The fourth-order valence-corrected chi connectivity index (χ4v) is 1.81. The number of carbonyl (C=O) groups is 1. The molecule has 0 aromatic rings. The first-order valence-corrected chi connectivity index (χ1v) is 6.55. The molecule has 0 rings (SSSR count). The summed E-state index contributed by atoms with van der Waals surface area (Å²) < 4.78 is 10.2. The Morgan fingerprint density at radius 3 is 2.42 bits per heavy atom. The molecule has 2 N–H and O–H groups in total. The van der Waals surface area contributed by atoms with E-state index in [0.29, 0.717) is 26.2 Å². The largest absolute Gasteiger partial charge is 0.480 e. The maximum atomic E-state index is 11.2. The molecule has 0 aromatic carbocycles. The Kier molecular flexibility index (Phi) is 8.92. The van der Waals surface area contributed by atoms with Gasteiger partial charge in [-0.2, -0.15) is 0 Å². The molecule has 0 aliphatic carbocycles. The van der Waals surface area contributed by atoms with Gasteiger partial charge in [0.25, 0.3) is 0 Å². The number of hydrogen-bond donors (Lipinski definition) is 2. The van der Waals surface area contributed by atoms with Gasteiger partial charge in [0.1, 0.15) is 5.54 Å². The zero-order chi connectivity index (χ0) is 14.9. The number of nitrogens with zero attached hydrogens (tertiary/aromatic N) is 1. The van der Waals surface area contributed by atoms with Crippen LogP contribution in [-0.4, -0.2) is 75.1 Å². The monoisotopic (exact) mass is 276 g/mol. The van der Waals surface area contributed by atoms with E-state index in [1.165, 1.54) is 0 Å². The molecule has 0 spiro atoms. The highest BCUT2D eigenvalue weighted by Crippen LogP contribution is 2.12. The SMILES string of the molecule is CNC(C)(CCN(CCOC)C(C)COC)C(=O)O. The summed E-state index contributed by atoms with van der Waals surface area (Å²) in [6.07, 6.45) is 0.524. The molecule has 0 amide bonds. The molecule has 0 saturated carbocycles. The number of nitrogens with one attached hydrogen (secondary N) is 1. The first-order chi connectivity index (χ1) is 8.91. The second kappa shape index (κ2) is 9.25. The van der Waals surface area contributed by atoms with Gasteiger partial charge >= 0.3 is 5.97 Å². The van der Waals surface area contributed by atoms with E-state index in [2.05, 4.69) is 17.1 Å². The number of carboxylic acids is 1. The maximum Gasteiger partial charge on any atom is 0.323 e. The van der Waals surface area contributed by atoms with Crippen molar-refractivity contribution in [3.8, 4) is 0 Å². The molecule has 2 atom stereocenters. The van der Waals surface area contributed by atoms with Gasteiger partial charge in [-0.15, -0.1) is 0 Å². The summed E-state index contributed by atoms with van der Waals surface area (Å²) in [5.41, 5.74) is -0.905. The van der Waals surface area contributed by atoms with Crippen LogP contribution in [0.15, 0.2) is 0 Å². The zero-order valence-corrected chi connectivity index (χ0v) is 12.7. The highest BCUT2D eigenvalue weighted by Gasteiger charge is 2.31. The van der Waals surface area contributed by atoms with Crippen LogP contribution in [0.1, 0.15) is 20.3 Å². The van der Waals surface area contributed by atoms with Gasteiger partial charge in [-0.1, -0.05) is 0 Å². The second-order valence-electron chi connectivity index (χ2n) is 4.97. The Hall–Kier alpha value is -0.690. The molecular weight excluding hydrogens is 248 g/mol. The van der Waals surface area contributed by atoms with E-state index in [-0.39, 0.29) is 6.04 Å². The van der Waals surface area contributed by atoms with Crippen LogP contribution in [0.3, 0.4) is 0 Å². The van der Waals surface area contributed by atoms with Gasteiger partial charge in [-0.3, -0.25) is 9.69 Å². The van der Waals surface area contributed by atoms with Crippen LogP contribution in [0.5, 0.6) is 0 Å². The first kappa shape index (κ1) is 18.3. The van der Waals surface area contributed by atoms with E-state index in [9.17, 15) is 9.90 Å². The summed E-state index contributed by atoms with van der Waals surface area (Å²) in [5.74, 6) is -0.832. The molecule has 0 saturated heterocycles. The molecule has 0 fully saturated rings. The third-order valence-corrected chi connectivity index (χ3v) is 3.54. The summed E-state index contributed by atoms with van der Waals surface area (Å²) in [5, 5.41) is 12.1. The van der Waals surface area contributed by atoms with Crippen molar-refractivity contribution in [2.24, 2.45) is 0 Å². The van der Waals surface area contributed by atoms with Crippen LogP contribution < -0.4 is 5.32 Å². The number of aliphatic carboxylic acids is 1. The fourth-order valence-electron chi connectivity index (χ4n) is 1.81. The van der Waals surface area contributed by atoms with Gasteiger partial charge in [-0.05, 0) is 27.3 Å². The van der Waals surface area contributed by atoms with Crippen molar-refractivity contribution in [1.29, 1.82) is 0 Å². The molecular formula is C13H28N2O4. The fraction of sp³-hybridized carbons (Fsp3) is 0.923. The third-order valence-electron chi connectivity index (χ3n) is 3.54. The Balaban J connectivity index is 4.50. The van der Waals surface area contributed by atoms with Gasteiger partial charge in [0, 0.05) is 33.4 Å². The topological polar surface area (TPSA) is 71.0 Å². The molecule has 6 heteroatoms. The molecule has 6 nitrogen and oxygen atoms in total. The summed E-state index contributed by atoms with van der Waals surface area (Å²) in [7, 11) is 5.00. The zero-order valence-electron chi connectivity index (χ0n) is 12.7. The standard InChI is InChI=1S/C13H28N2O4/c1-11(10-19-5)15(8-9-18-4)7-6-13(2,14-3)12(16)17/h11,14H,6-10H2,1-5H3,(H,16,17). The van der Waals surface area contributed by atoms with Crippen LogP contribution in [0.2, 0.25) is 0 Å². The minimum Gasteiger partial charge on any atom is -0.480 e. The normalized spacial score (nSPS) is 16.3. The first-order valence-electron chi connectivity index (χ1n) is 6.55. The lowest BCUT2D eigenvalue weighted by Crippen LogP contribution is -2.51. The number of methoxy groups -OCH3 is 2. The van der Waals surface area contributed by atoms with Crippen molar-refractivity contribution in [1.82, 2.24) is 10.2 Å². The van der Waals surface area contributed by atoms with Crippen molar-refractivity contribution >= 4 is 5.97 Å². The third kappa shape index (κ3) is 6.33. The van der Waals surface area contributed by atoms with Crippen molar-refractivity contribution < 1.29 is 19.4 Å². The van der Waals surface area contributed by atoms with E-state index < -0.39 is 11.5 Å². The molecule has 0 aromatic heterocycles. The van der Waals surface area contributed by atoms with Gasteiger partial charge in [0.15, 0.2) is 0 Å². The molecule has 0 bridgehead atoms. The quantitative estimate of drug-likeness (QED) is 0.570. The van der Waals surface area contributed by atoms with Gasteiger partial charge in [0.2, 0.25) is 0 Å². The Bertz CT molecular complexity index is 263. The van der Waals surface area contributed by atoms with Gasteiger partial charge in [-0.25, -0.2) is 0 Å². The summed E-state index contributed by atoms with van der Waals surface area (Å²) >= 11 is 0. The van der Waals surface area contributed by atoms with E-state index in [4.69, 9.17) is 9.47 Å². The lowest BCUT2D eigenvalue weighted by atomic mass is 9.97. The summed E-state index contributed by atoms with van der Waals surface area (Å²) in [6.45, 7) is 6.45. The Morgan fingerprint density at radius 2 is 2.00 bits per heavy atom. The summed E-state index contributed by atoms with van der Waals surface area (Å²) in [4.78, 5) is 13.4. The second-order valence-corrected chi connectivity index (χ2v) is 4.97. The smallest absolute Gasteiger partial charge is 0.323 e. The Labute approximate surface area is 116 Å². The number of ether oxygens (including phenoxy) is 2. The lowest BCUT2D eigenvalue weighted by Gasteiger charge is -2.32.